The zero-order chi connectivity index (χ0) is 22.5. The maximum Gasteiger partial charge on any atom is 0.252 e. The third-order valence-electron chi connectivity index (χ3n) is 4.90. The molecule has 0 saturated carbocycles. The van der Waals surface area contributed by atoms with Gasteiger partial charge in [-0.2, -0.15) is 0 Å². The van der Waals surface area contributed by atoms with Gasteiger partial charge < -0.3 is 16.4 Å². The van der Waals surface area contributed by atoms with E-state index in [9.17, 15) is 14.4 Å². The second kappa shape index (κ2) is 9.57. The molecule has 1 unspecified atom stereocenters. The maximum absolute atomic E-state index is 13.1. The van der Waals surface area contributed by atoms with Gasteiger partial charge in [0, 0.05) is 16.0 Å². The predicted octanol–water partition coefficient (Wildman–Crippen LogP) is 4.22. The van der Waals surface area contributed by atoms with Crippen molar-refractivity contribution in [2.24, 2.45) is 11.7 Å². The fourth-order valence-corrected chi connectivity index (χ4v) is 4.44. The molecule has 0 radical (unpaired) electrons. The topological polar surface area (TPSA) is 101 Å². The molecule has 4 N–H and O–H groups in total. The first-order chi connectivity index (χ1) is 14.8. The number of anilines is 1. The minimum atomic E-state index is -0.781. The van der Waals surface area contributed by atoms with Gasteiger partial charge in [0.2, 0.25) is 5.91 Å². The number of aryl methyl sites for hydroxylation is 1. The number of amides is 3. The lowest BCUT2D eigenvalue weighted by Crippen LogP contribution is -2.47. The highest BCUT2D eigenvalue weighted by atomic mass is 32.1. The first-order valence-corrected chi connectivity index (χ1v) is 10.8. The summed E-state index contributed by atoms with van der Waals surface area (Å²) < 4.78 is 0. The smallest absolute Gasteiger partial charge is 0.252 e. The Morgan fingerprint density at radius 1 is 0.935 bits per heavy atom. The van der Waals surface area contributed by atoms with Crippen LogP contribution in [0.25, 0.3) is 11.1 Å². The van der Waals surface area contributed by atoms with E-state index in [1.165, 1.54) is 11.3 Å². The van der Waals surface area contributed by atoms with Gasteiger partial charge in [-0.1, -0.05) is 62.4 Å². The van der Waals surface area contributed by atoms with E-state index in [4.69, 9.17) is 5.73 Å². The highest BCUT2D eigenvalue weighted by Gasteiger charge is 2.28. The van der Waals surface area contributed by atoms with Crippen LogP contribution in [0.4, 0.5) is 5.00 Å². The van der Waals surface area contributed by atoms with Crippen molar-refractivity contribution in [2.75, 3.05) is 5.32 Å². The Morgan fingerprint density at radius 2 is 1.52 bits per heavy atom. The number of primary amides is 1. The fourth-order valence-electron chi connectivity index (χ4n) is 3.36. The lowest BCUT2D eigenvalue weighted by Gasteiger charge is -2.21. The van der Waals surface area contributed by atoms with Crippen molar-refractivity contribution in [3.63, 3.8) is 0 Å². The summed E-state index contributed by atoms with van der Waals surface area (Å²) in [5.41, 5.74) is 7.99. The third kappa shape index (κ3) is 5.00. The lowest BCUT2D eigenvalue weighted by molar-refractivity contribution is -0.118. The highest BCUT2D eigenvalue weighted by Crippen LogP contribution is 2.39. The van der Waals surface area contributed by atoms with E-state index < -0.39 is 17.9 Å². The van der Waals surface area contributed by atoms with E-state index in [0.717, 1.165) is 10.4 Å². The molecule has 7 heteroatoms. The number of hydrogen-bond acceptors (Lipinski definition) is 4. The molecule has 6 nitrogen and oxygen atoms in total. The molecule has 1 atom stereocenters. The van der Waals surface area contributed by atoms with Gasteiger partial charge in [0.25, 0.3) is 11.8 Å². The Bertz CT molecular complexity index is 1090. The fraction of sp³-hybridized carbons (Fsp3) is 0.208. The first-order valence-electron chi connectivity index (χ1n) is 9.95. The van der Waals surface area contributed by atoms with Gasteiger partial charge in [0.15, 0.2) is 0 Å². The molecule has 0 bridgehead atoms. The molecule has 2 aromatic carbocycles. The SMILES string of the molecule is Cc1sc(NC(=O)C(NC(=O)c2ccccc2)C(C)C)c(C(N)=O)c1-c1ccccc1. The van der Waals surface area contributed by atoms with E-state index in [2.05, 4.69) is 10.6 Å². The first kappa shape index (κ1) is 22.2. The normalized spacial score (nSPS) is 11.7. The molecule has 3 amide bonds. The van der Waals surface area contributed by atoms with E-state index in [1.807, 2.05) is 57.2 Å². The van der Waals surface area contributed by atoms with Crippen LogP contribution in [0.2, 0.25) is 0 Å². The van der Waals surface area contributed by atoms with Crippen molar-refractivity contribution in [3.8, 4) is 11.1 Å². The summed E-state index contributed by atoms with van der Waals surface area (Å²) in [5.74, 6) is -1.52. The van der Waals surface area contributed by atoms with Gasteiger partial charge >= 0.3 is 0 Å². The van der Waals surface area contributed by atoms with Crippen molar-refractivity contribution >= 4 is 34.1 Å². The van der Waals surface area contributed by atoms with E-state index in [0.29, 0.717) is 16.1 Å². The summed E-state index contributed by atoms with van der Waals surface area (Å²) in [6.45, 7) is 5.57. The average Bonchev–Trinajstić information content (AvgIpc) is 3.08. The van der Waals surface area contributed by atoms with Crippen molar-refractivity contribution in [3.05, 3.63) is 76.7 Å². The van der Waals surface area contributed by atoms with Gasteiger partial charge in [-0.15, -0.1) is 11.3 Å². The van der Waals surface area contributed by atoms with Gasteiger partial charge in [0.1, 0.15) is 11.0 Å². The van der Waals surface area contributed by atoms with Crippen LogP contribution in [0, 0.1) is 12.8 Å². The zero-order valence-electron chi connectivity index (χ0n) is 17.6. The molecule has 1 heterocycles. The summed E-state index contributed by atoms with van der Waals surface area (Å²) >= 11 is 1.29. The van der Waals surface area contributed by atoms with Gasteiger partial charge in [-0.05, 0) is 30.5 Å². The summed E-state index contributed by atoms with van der Waals surface area (Å²) in [7, 11) is 0. The predicted molar refractivity (Wildman–Crippen MR) is 124 cm³/mol. The van der Waals surface area contributed by atoms with Gasteiger partial charge in [-0.25, -0.2) is 0 Å². The number of nitrogens with two attached hydrogens (primary N) is 1. The molecule has 31 heavy (non-hydrogen) atoms. The zero-order valence-corrected chi connectivity index (χ0v) is 18.5. The molecule has 160 valence electrons. The van der Waals surface area contributed by atoms with Crippen molar-refractivity contribution in [1.29, 1.82) is 0 Å². The van der Waals surface area contributed by atoms with Gasteiger partial charge in [0.05, 0.1) is 5.56 Å². The number of benzene rings is 2. The largest absolute Gasteiger partial charge is 0.365 e. The van der Waals surface area contributed by atoms with E-state index >= 15 is 0 Å². The van der Waals surface area contributed by atoms with Crippen LogP contribution in [-0.4, -0.2) is 23.8 Å². The lowest BCUT2D eigenvalue weighted by atomic mass is 10.0. The second-order valence-electron chi connectivity index (χ2n) is 7.52. The maximum atomic E-state index is 13.1. The van der Waals surface area contributed by atoms with Crippen LogP contribution in [0.1, 0.15) is 39.4 Å². The molecule has 0 aliphatic heterocycles. The van der Waals surface area contributed by atoms with Crippen LogP contribution in [0.3, 0.4) is 0 Å². The molecule has 0 aliphatic rings. The molecule has 0 aliphatic carbocycles. The van der Waals surface area contributed by atoms with Crippen molar-refractivity contribution in [1.82, 2.24) is 5.32 Å². The molecule has 0 saturated heterocycles. The molecule has 0 spiro atoms. The monoisotopic (exact) mass is 435 g/mol. The van der Waals surface area contributed by atoms with Crippen LogP contribution in [0.15, 0.2) is 60.7 Å². The number of carbonyl (C=O) groups excluding carboxylic acids is 3. The van der Waals surface area contributed by atoms with Crippen molar-refractivity contribution in [2.45, 2.75) is 26.8 Å². The molecule has 1 aromatic heterocycles. The number of carbonyl (C=O) groups is 3. The molecule has 3 rings (SSSR count). The Labute approximate surface area is 185 Å². The minimum absolute atomic E-state index is 0.167. The van der Waals surface area contributed by atoms with Crippen LogP contribution < -0.4 is 16.4 Å². The van der Waals surface area contributed by atoms with E-state index in [1.54, 1.807) is 24.3 Å². The Morgan fingerprint density at radius 3 is 2.06 bits per heavy atom. The van der Waals surface area contributed by atoms with Crippen molar-refractivity contribution < 1.29 is 14.4 Å². The van der Waals surface area contributed by atoms with Crippen LogP contribution in [0.5, 0.6) is 0 Å². The summed E-state index contributed by atoms with van der Waals surface area (Å²) in [6.07, 6.45) is 0. The molecule has 3 aromatic rings. The van der Waals surface area contributed by atoms with E-state index in [-0.39, 0.29) is 17.4 Å². The van der Waals surface area contributed by atoms with Crippen LogP contribution in [-0.2, 0) is 4.79 Å². The summed E-state index contributed by atoms with van der Waals surface area (Å²) in [4.78, 5) is 38.8. The summed E-state index contributed by atoms with van der Waals surface area (Å²) in [6, 6.07) is 17.4. The molecule has 0 fully saturated rings. The second-order valence-corrected chi connectivity index (χ2v) is 8.74. The van der Waals surface area contributed by atoms with Gasteiger partial charge in [-0.3, -0.25) is 14.4 Å². The number of thiophene rings is 1. The minimum Gasteiger partial charge on any atom is -0.365 e. The Hall–Kier alpha value is -3.45. The number of nitrogens with one attached hydrogen (secondary N) is 2. The standard InChI is InChI=1S/C24H25N3O3S/c1-14(2)20(26-22(29)17-12-8-5-9-13-17)23(30)27-24-19(21(25)28)18(15(3)31-24)16-10-6-4-7-11-16/h4-14,20H,1-3H3,(H2,25,28)(H,26,29)(H,27,30). The van der Waals surface area contributed by atoms with Crippen LogP contribution >= 0.6 is 11.3 Å². The number of rotatable bonds is 7. The molecular formula is C24H25N3O3S. The quantitative estimate of drug-likeness (QED) is 0.518. The summed E-state index contributed by atoms with van der Waals surface area (Å²) in [5, 5.41) is 6.00. The Balaban J connectivity index is 1.89. The Kier molecular flexibility index (Phi) is 6.87. The highest BCUT2D eigenvalue weighted by molar-refractivity contribution is 7.17. The molecular weight excluding hydrogens is 410 g/mol. The third-order valence-corrected chi connectivity index (χ3v) is 5.92. The number of hydrogen-bond donors (Lipinski definition) is 3. The average molecular weight is 436 g/mol.